The fourth-order valence-electron chi connectivity index (χ4n) is 5.20. The lowest BCUT2D eigenvalue weighted by molar-refractivity contribution is 1.18. The molecule has 0 aliphatic carbocycles. The number of rotatable bonds is 3. The zero-order valence-corrected chi connectivity index (χ0v) is 21.3. The van der Waals surface area contributed by atoms with Gasteiger partial charge in [-0.2, -0.15) is 0 Å². The van der Waals surface area contributed by atoms with E-state index in [-0.39, 0.29) is 0 Å². The fourth-order valence-corrected chi connectivity index (χ4v) is 5.20. The number of hydrogen-bond acceptors (Lipinski definition) is 1. The number of hydrogen-bond donors (Lipinski definition) is 0. The second-order valence-corrected chi connectivity index (χ2v) is 9.49. The summed E-state index contributed by atoms with van der Waals surface area (Å²) < 4.78 is 2.33. The molecule has 0 unspecified atom stereocenters. The van der Waals surface area contributed by atoms with Gasteiger partial charge in [-0.15, -0.1) is 0 Å². The Balaban J connectivity index is 1.26. The summed E-state index contributed by atoms with van der Waals surface area (Å²) in [5.41, 5.74) is 9.47. The van der Waals surface area contributed by atoms with Crippen molar-refractivity contribution in [2.75, 3.05) is 0 Å². The lowest BCUT2D eigenvalue weighted by Crippen LogP contribution is -1.94. The van der Waals surface area contributed by atoms with E-state index in [1.807, 2.05) is 42.5 Å². The largest absolute Gasteiger partial charge is 0.309 e. The minimum Gasteiger partial charge on any atom is -0.309 e. The van der Waals surface area contributed by atoms with Gasteiger partial charge in [0.15, 0.2) is 0 Å². The number of nitrogens with zero attached hydrogens (tertiary/aromatic N) is 2. The predicted octanol–water partition coefficient (Wildman–Crippen LogP) is 8.91. The van der Waals surface area contributed by atoms with Crippen LogP contribution in [0, 0.1) is 11.8 Å². The molecule has 0 aliphatic heterocycles. The van der Waals surface area contributed by atoms with E-state index >= 15 is 0 Å². The molecular formula is C37H24N2. The SMILES string of the molecule is C(#Cc1ccccc1-c1cccc(-c2ccc(-n3c4ccccc4c4ccccc43)cc2)n1)c1ccccc1. The molecule has 2 aromatic heterocycles. The van der Waals surface area contributed by atoms with Crippen molar-refractivity contribution in [2.45, 2.75) is 0 Å². The van der Waals surface area contributed by atoms with Crippen LogP contribution >= 0.6 is 0 Å². The van der Waals surface area contributed by atoms with E-state index in [4.69, 9.17) is 4.98 Å². The van der Waals surface area contributed by atoms with E-state index in [9.17, 15) is 0 Å². The van der Waals surface area contributed by atoms with Crippen molar-refractivity contribution in [1.29, 1.82) is 0 Å². The van der Waals surface area contributed by atoms with Gasteiger partial charge in [0.05, 0.1) is 22.4 Å². The molecule has 2 nitrogen and oxygen atoms in total. The number of benzene rings is 5. The number of pyridine rings is 1. The van der Waals surface area contributed by atoms with Crippen molar-refractivity contribution in [1.82, 2.24) is 9.55 Å². The van der Waals surface area contributed by atoms with Gasteiger partial charge >= 0.3 is 0 Å². The first-order valence-electron chi connectivity index (χ1n) is 13.1. The van der Waals surface area contributed by atoms with Crippen molar-refractivity contribution in [3.63, 3.8) is 0 Å². The van der Waals surface area contributed by atoms with Crippen molar-refractivity contribution in [3.8, 4) is 40.0 Å². The Morgan fingerprint density at radius 1 is 0.462 bits per heavy atom. The first-order valence-corrected chi connectivity index (χ1v) is 13.1. The maximum Gasteiger partial charge on any atom is 0.0722 e. The zero-order valence-electron chi connectivity index (χ0n) is 21.3. The Labute approximate surface area is 227 Å². The van der Waals surface area contributed by atoms with Gasteiger partial charge in [-0.25, -0.2) is 4.98 Å². The topological polar surface area (TPSA) is 17.8 Å². The van der Waals surface area contributed by atoms with Crippen LogP contribution in [0.1, 0.15) is 11.1 Å². The summed E-state index contributed by atoms with van der Waals surface area (Å²) in [4.78, 5) is 5.05. The Hall–Kier alpha value is -5.39. The Bertz CT molecular complexity index is 1950. The molecule has 0 aliphatic rings. The zero-order chi connectivity index (χ0) is 26.0. The van der Waals surface area contributed by atoms with Crippen molar-refractivity contribution >= 4 is 21.8 Å². The van der Waals surface area contributed by atoms with Gasteiger partial charge in [0.25, 0.3) is 0 Å². The van der Waals surface area contributed by atoms with E-state index < -0.39 is 0 Å². The second-order valence-electron chi connectivity index (χ2n) is 9.49. The summed E-state index contributed by atoms with van der Waals surface area (Å²) in [5, 5.41) is 2.53. The van der Waals surface area contributed by atoms with Gasteiger partial charge < -0.3 is 4.57 Å². The summed E-state index contributed by atoms with van der Waals surface area (Å²) in [6.45, 7) is 0. The molecule has 7 aromatic rings. The average Bonchev–Trinajstić information content (AvgIpc) is 3.35. The van der Waals surface area contributed by atoms with E-state index in [0.717, 1.165) is 39.3 Å². The molecule has 2 heteroatoms. The molecule has 0 N–H and O–H groups in total. The van der Waals surface area contributed by atoms with Crippen LogP contribution in [0.15, 0.2) is 146 Å². The molecule has 0 spiro atoms. The molecule has 2 heterocycles. The summed E-state index contributed by atoms with van der Waals surface area (Å²) >= 11 is 0. The molecular weight excluding hydrogens is 472 g/mol. The van der Waals surface area contributed by atoms with E-state index in [0.29, 0.717) is 0 Å². The quantitative estimate of drug-likeness (QED) is 0.223. The number of para-hydroxylation sites is 2. The Morgan fingerprint density at radius 2 is 1.08 bits per heavy atom. The predicted molar refractivity (Wildman–Crippen MR) is 162 cm³/mol. The normalized spacial score (nSPS) is 10.9. The third-order valence-electron chi connectivity index (χ3n) is 7.07. The van der Waals surface area contributed by atoms with Crippen LogP contribution in [0.4, 0.5) is 0 Å². The molecule has 0 fully saturated rings. The van der Waals surface area contributed by atoms with Gasteiger partial charge in [0, 0.05) is 38.7 Å². The van der Waals surface area contributed by atoms with Gasteiger partial charge in [-0.05, 0) is 54.6 Å². The first-order chi connectivity index (χ1) is 19.3. The van der Waals surface area contributed by atoms with Crippen LogP contribution in [0.3, 0.4) is 0 Å². The molecule has 0 saturated heterocycles. The Kier molecular flexibility index (Phi) is 5.73. The van der Waals surface area contributed by atoms with Gasteiger partial charge in [-0.3, -0.25) is 0 Å². The first kappa shape index (κ1) is 22.8. The van der Waals surface area contributed by atoms with Crippen LogP contribution in [0.5, 0.6) is 0 Å². The molecule has 5 aromatic carbocycles. The van der Waals surface area contributed by atoms with Crippen molar-refractivity contribution < 1.29 is 0 Å². The maximum absolute atomic E-state index is 5.05. The van der Waals surface area contributed by atoms with Crippen LogP contribution in [-0.2, 0) is 0 Å². The van der Waals surface area contributed by atoms with Crippen LogP contribution in [-0.4, -0.2) is 9.55 Å². The number of aromatic nitrogens is 2. The maximum atomic E-state index is 5.05. The van der Waals surface area contributed by atoms with Crippen molar-refractivity contribution in [2.24, 2.45) is 0 Å². The lowest BCUT2D eigenvalue weighted by atomic mass is 10.0. The highest BCUT2D eigenvalue weighted by molar-refractivity contribution is 6.09. The molecule has 0 amide bonds. The third kappa shape index (κ3) is 4.27. The molecule has 0 bridgehead atoms. The number of fused-ring (bicyclic) bond motifs is 3. The van der Waals surface area contributed by atoms with E-state index in [1.54, 1.807) is 0 Å². The minimum absolute atomic E-state index is 0.914. The van der Waals surface area contributed by atoms with Crippen molar-refractivity contribution in [3.05, 3.63) is 157 Å². The smallest absolute Gasteiger partial charge is 0.0722 e. The molecule has 0 saturated carbocycles. The summed E-state index contributed by atoms with van der Waals surface area (Å²) in [6.07, 6.45) is 0. The monoisotopic (exact) mass is 496 g/mol. The van der Waals surface area contributed by atoms with E-state index in [2.05, 4.69) is 120 Å². The Morgan fingerprint density at radius 3 is 1.82 bits per heavy atom. The van der Waals surface area contributed by atoms with Crippen LogP contribution in [0.2, 0.25) is 0 Å². The molecule has 0 atom stereocenters. The van der Waals surface area contributed by atoms with Crippen LogP contribution in [0.25, 0.3) is 50.0 Å². The summed E-state index contributed by atoms with van der Waals surface area (Å²) in [7, 11) is 0. The van der Waals surface area contributed by atoms with Crippen LogP contribution < -0.4 is 0 Å². The third-order valence-corrected chi connectivity index (χ3v) is 7.07. The average molecular weight is 497 g/mol. The lowest BCUT2D eigenvalue weighted by Gasteiger charge is -2.10. The second kappa shape index (κ2) is 9.82. The fraction of sp³-hybridized carbons (Fsp3) is 0. The van der Waals surface area contributed by atoms with Gasteiger partial charge in [0.1, 0.15) is 0 Å². The van der Waals surface area contributed by atoms with E-state index in [1.165, 1.54) is 21.8 Å². The highest BCUT2D eigenvalue weighted by Gasteiger charge is 2.12. The van der Waals surface area contributed by atoms with Gasteiger partial charge in [-0.1, -0.05) is 103 Å². The highest BCUT2D eigenvalue weighted by Crippen LogP contribution is 2.32. The standard InChI is InChI=1S/C37H24N2/c1-2-11-27(12-3-1)21-22-28-13-4-5-14-31(28)35-18-10-17-34(38-35)29-23-25-30(26-24-29)39-36-19-8-6-15-32(36)33-16-7-9-20-37(33)39/h1-20,23-26H. The summed E-state index contributed by atoms with van der Waals surface area (Å²) in [5.74, 6) is 6.63. The summed E-state index contributed by atoms with van der Waals surface area (Å²) in [6, 6.07) is 50.3. The molecule has 0 radical (unpaired) electrons. The molecule has 182 valence electrons. The minimum atomic E-state index is 0.914. The molecule has 39 heavy (non-hydrogen) atoms. The van der Waals surface area contributed by atoms with Gasteiger partial charge in [0.2, 0.25) is 0 Å². The molecule has 7 rings (SSSR count). The highest BCUT2D eigenvalue weighted by atomic mass is 15.0.